The van der Waals surface area contributed by atoms with Gasteiger partial charge in [0.25, 0.3) is 5.91 Å². The number of nitrogens with zero attached hydrogens (tertiary/aromatic N) is 1. The van der Waals surface area contributed by atoms with Crippen LogP contribution in [0.15, 0.2) is 22.8 Å². The van der Waals surface area contributed by atoms with Gasteiger partial charge in [-0.2, -0.15) is 0 Å². The third-order valence-corrected chi connectivity index (χ3v) is 4.24. The van der Waals surface area contributed by atoms with Gasteiger partial charge in [-0.15, -0.1) is 0 Å². The molecule has 0 aliphatic carbocycles. The zero-order chi connectivity index (χ0) is 18.2. The molecule has 25 heavy (non-hydrogen) atoms. The van der Waals surface area contributed by atoms with Gasteiger partial charge < -0.3 is 18.8 Å². The highest BCUT2D eigenvalue weighted by Crippen LogP contribution is 2.20. The van der Waals surface area contributed by atoms with E-state index in [1.807, 2.05) is 0 Å². The highest BCUT2D eigenvalue weighted by Gasteiger charge is 2.31. The van der Waals surface area contributed by atoms with Crippen LogP contribution in [0.3, 0.4) is 0 Å². The molecule has 1 atom stereocenters. The van der Waals surface area contributed by atoms with Gasteiger partial charge in [0.05, 0.1) is 25.2 Å². The fraction of sp³-hybridized carbons (Fsp3) is 0.611. The highest BCUT2D eigenvalue weighted by molar-refractivity contribution is 5.84. The lowest BCUT2D eigenvalue weighted by Crippen LogP contribution is -2.45. The number of likely N-dealkylation sites (tertiary alicyclic amines) is 1. The number of hydrogen-bond acceptors (Lipinski definition) is 6. The Balaban J connectivity index is 1.72. The molecule has 1 aliphatic rings. The van der Waals surface area contributed by atoms with Gasteiger partial charge in [0, 0.05) is 19.5 Å². The van der Waals surface area contributed by atoms with E-state index in [9.17, 15) is 14.4 Å². The van der Waals surface area contributed by atoms with Gasteiger partial charge in [0.1, 0.15) is 5.76 Å². The number of ether oxygens (including phenoxy) is 2. The van der Waals surface area contributed by atoms with Gasteiger partial charge in [-0.25, -0.2) is 0 Å². The standard InChI is InChI=1S/C18H25NO6/c1-3-23-18(22)14-8-10-19(11-9-14)17(21)13(2)25-16(20)7-6-15-5-4-12-24-15/h4-5,12-14H,3,6-11H2,1-2H3. The fourth-order valence-corrected chi connectivity index (χ4v) is 2.84. The van der Waals surface area contributed by atoms with Crippen molar-refractivity contribution in [2.24, 2.45) is 5.92 Å². The van der Waals surface area contributed by atoms with Crippen LogP contribution in [0.25, 0.3) is 0 Å². The van der Waals surface area contributed by atoms with E-state index in [0.717, 1.165) is 0 Å². The summed E-state index contributed by atoms with van der Waals surface area (Å²) >= 11 is 0. The van der Waals surface area contributed by atoms with Crippen LogP contribution < -0.4 is 0 Å². The maximum atomic E-state index is 12.4. The molecule has 1 amide bonds. The van der Waals surface area contributed by atoms with Crippen LogP contribution in [0.2, 0.25) is 0 Å². The molecule has 1 saturated heterocycles. The SMILES string of the molecule is CCOC(=O)C1CCN(C(=O)C(C)OC(=O)CCc2ccco2)CC1. The smallest absolute Gasteiger partial charge is 0.309 e. The Kier molecular flexibility index (Phi) is 7.03. The van der Waals surface area contributed by atoms with Crippen molar-refractivity contribution in [2.75, 3.05) is 19.7 Å². The summed E-state index contributed by atoms with van der Waals surface area (Å²) in [4.78, 5) is 37.6. The minimum atomic E-state index is -0.830. The first-order valence-corrected chi connectivity index (χ1v) is 8.68. The molecule has 2 heterocycles. The number of esters is 2. The predicted octanol–water partition coefficient (Wildman–Crippen LogP) is 1.95. The van der Waals surface area contributed by atoms with E-state index in [2.05, 4.69) is 0 Å². The second kappa shape index (κ2) is 9.25. The highest BCUT2D eigenvalue weighted by atomic mass is 16.5. The maximum Gasteiger partial charge on any atom is 0.309 e. The first-order chi connectivity index (χ1) is 12.0. The molecule has 0 aromatic carbocycles. The summed E-state index contributed by atoms with van der Waals surface area (Å²) < 4.78 is 15.4. The zero-order valence-corrected chi connectivity index (χ0v) is 14.7. The van der Waals surface area contributed by atoms with Crippen LogP contribution >= 0.6 is 0 Å². The van der Waals surface area contributed by atoms with Gasteiger partial charge >= 0.3 is 11.9 Å². The average molecular weight is 351 g/mol. The molecule has 1 unspecified atom stereocenters. The Hall–Kier alpha value is -2.31. The molecular formula is C18H25NO6. The topological polar surface area (TPSA) is 86.0 Å². The van der Waals surface area contributed by atoms with Crippen molar-refractivity contribution < 1.29 is 28.3 Å². The van der Waals surface area contributed by atoms with Gasteiger partial charge in [0.2, 0.25) is 0 Å². The number of piperidine rings is 1. The van der Waals surface area contributed by atoms with Crippen molar-refractivity contribution in [2.45, 2.75) is 45.6 Å². The maximum absolute atomic E-state index is 12.4. The van der Waals surface area contributed by atoms with E-state index in [-0.39, 0.29) is 24.2 Å². The summed E-state index contributed by atoms with van der Waals surface area (Å²) in [6.07, 6.45) is 2.47. The molecule has 138 valence electrons. The Morgan fingerprint density at radius 3 is 2.64 bits per heavy atom. The van der Waals surface area contributed by atoms with Crippen LogP contribution in [0.4, 0.5) is 0 Å². The van der Waals surface area contributed by atoms with Crippen molar-refractivity contribution in [3.05, 3.63) is 24.2 Å². The number of furan rings is 1. The quantitative estimate of drug-likeness (QED) is 0.698. The first-order valence-electron chi connectivity index (χ1n) is 8.68. The van der Waals surface area contributed by atoms with E-state index in [4.69, 9.17) is 13.9 Å². The van der Waals surface area contributed by atoms with Gasteiger partial charge in [0.15, 0.2) is 6.10 Å². The molecule has 7 nitrogen and oxygen atoms in total. The van der Waals surface area contributed by atoms with Crippen molar-refractivity contribution in [1.82, 2.24) is 4.90 Å². The minimum absolute atomic E-state index is 0.157. The molecule has 0 radical (unpaired) electrons. The van der Waals surface area contributed by atoms with E-state index < -0.39 is 12.1 Å². The minimum Gasteiger partial charge on any atom is -0.469 e. The summed E-state index contributed by atoms with van der Waals surface area (Å²) in [5.41, 5.74) is 0. The molecule has 0 saturated carbocycles. The molecule has 0 N–H and O–H groups in total. The van der Waals surface area contributed by atoms with E-state index >= 15 is 0 Å². The van der Waals surface area contributed by atoms with E-state index in [1.165, 1.54) is 0 Å². The normalized spacial score (nSPS) is 16.3. The van der Waals surface area contributed by atoms with Crippen LogP contribution in [-0.2, 0) is 30.3 Å². The molecule has 1 fully saturated rings. The third kappa shape index (κ3) is 5.62. The number of carbonyl (C=O) groups is 3. The lowest BCUT2D eigenvalue weighted by Gasteiger charge is -2.32. The van der Waals surface area contributed by atoms with Crippen LogP contribution in [0.5, 0.6) is 0 Å². The molecule has 7 heteroatoms. The second-order valence-corrected chi connectivity index (χ2v) is 6.06. The summed E-state index contributed by atoms with van der Waals surface area (Å²) in [7, 11) is 0. The second-order valence-electron chi connectivity index (χ2n) is 6.06. The Labute approximate surface area is 147 Å². The molecule has 1 aromatic rings. The summed E-state index contributed by atoms with van der Waals surface area (Å²) in [6.45, 7) is 4.65. The van der Waals surface area contributed by atoms with E-state index in [1.54, 1.807) is 37.1 Å². The predicted molar refractivity (Wildman–Crippen MR) is 88.5 cm³/mol. The Bertz CT molecular complexity index is 574. The van der Waals surface area contributed by atoms with Crippen LogP contribution in [0, 0.1) is 5.92 Å². The lowest BCUT2D eigenvalue weighted by atomic mass is 9.97. The summed E-state index contributed by atoms with van der Waals surface area (Å²) in [5, 5.41) is 0. The average Bonchev–Trinajstić information content (AvgIpc) is 3.13. The number of amides is 1. The monoisotopic (exact) mass is 351 g/mol. The van der Waals surface area contributed by atoms with Gasteiger partial charge in [-0.05, 0) is 38.8 Å². The van der Waals surface area contributed by atoms with Crippen molar-refractivity contribution in [1.29, 1.82) is 0 Å². The van der Waals surface area contributed by atoms with Crippen molar-refractivity contribution >= 4 is 17.8 Å². The third-order valence-electron chi connectivity index (χ3n) is 4.24. The fourth-order valence-electron chi connectivity index (χ4n) is 2.84. The zero-order valence-electron chi connectivity index (χ0n) is 14.7. The van der Waals surface area contributed by atoms with Gasteiger partial charge in [-0.1, -0.05) is 0 Å². The summed E-state index contributed by atoms with van der Waals surface area (Å²) in [5.74, 6) is -0.313. The van der Waals surface area contributed by atoms with E-state index in [0.29, 0.717) is 44.7 Å². The lowest BCUT2D eigenvalue weighted by molar-refractivity contribution is -0.160. The van der Waals surface area contributed by atoms with Crippen molar-refractivity contribution in [3.8, 4) is 0 Å². The molecule has 2 rings (SSSR count). The number of hydrogen-bond donors (Lipinski definition) is 0. The van der Waals surface area contributed by atoms with Crippen LogP contribution in [0.1, 0.15) is 38.9 Å². The summed E-state index contributed by atoms with van der Waals surface area (Å²) in [6, 6.07) is 3.54. The number of rotatable bonds is 7. The Morgan fingerprint density at radius 2 is 2.04 bits per heavy atom. The molecular weight excluding hydrogens is 326 g/mol. The molecule has 1 aliphatic heterocycles. The Morgan fingerprint density at radius 1 is 1.32 bits per heavy atom. The number of aryl methyl sites for hydroxylation is 1. The van der Waals surface area contributed by atoms with Crippen molar-refractivity contribution in [3.63, 3.8) is 0 Å². The molecule has 0 spiro atoms. The largest absolute Gasteiger partial charge is 0.469 e. The van der Waals surface area contributed by atoms with Crippen LogP contribution in [-0.4, -0.2) is 48.5 Å². The molecule has 1 aromatic heterocycles. The molecule has 0 bridgehead atoms. The first kappa shape index (κ1) is 19.0. The van der Waals surface area contributed by atoms with Gasteiger partial charge in [-0.3, -0.25) is 14.4 Å². The number of carbonyl (C=O) groups excluding carboxylic acids is 3.